The number of likely N-dealkylation sites (tertiary alicyclic amines) is 1. The quantitative estimate of drug-likeness (QED) is 0.554. The number of hydrogen-bond donors (Lipinski definition) is 1. The number of rotatable bonds is 8. The lowest BCUT2D eigenvalue weighted by atomic mass is 9.72. The first-order chi connectivity index (χ1) is 16.7. The molecule has 5 nitrogen and oxygen atoms in total. The Hall–Kier alpha value is -2.44. The zero-order valence-electron chi connectivity index (χ0n) is 20.1. The summed E-state index contributed by atoms with van der Waals surface area (Å²) in [7, 11) is 0. The molecule has 3 heterocycles. The van der Waals surface area contributed by atoms with E-state index in [-0.39, 0.29) is 5.92 Å². The Kier molecular flexibility index (Phi) is 7.45. The second-order valence-electron chi connectivity index (χ2n) is 9.70. The summed E-state index contributed by atoms with van der Waals surface area (Å²) in [5.41, 5.74) is 2.42. The van der Waals surface area contributed by atoms with Crippen molar-refractivity contribution in [1.82, 2.24) is 14.4 Å². The van der Waals surface area contributed by atoms with E-state index in [1.54, 1.807) is 0 Å². The van der Waals surface area contributed by atoms with Gasteiger partial charge in [-0.15, -0.1) is 0 Å². The molecule has 2 aliphatic rings. The number of ether oxygens (including phenoxy) is 1. The maximum atomic E-state index is 12.1. The first-order valence-electron chi connectivity index (χ1n) is 12.7. The Morgan fingerprint density at radius 2 is 1.35 bits per heavy atom. The molecule has 34 heavy (non-hydrogen) atoms. The van der Waals surface area contributed by atoms with Crippen LogP contribution in [0.25, 0.3) is 0 Å². The van der Waals surface area contributed by atoms with E-state index in [9.17, 15) is 5.11 Å². The van der Waals surface area contributed by atoms with Gasteiger partial charge in [-0.25, -0.2) is 0 Å². The number of morpholine rings is 1. The minimum absolute atomic E-state index is 0.196. The van der Waals surface area contributed by atoms with Crippen LogP contribution >= 0.6 is 0 Å². The highest BCUT2D eigenvalue weighted by atomic mass is 16.5. The minimum atomic E-state index is -0.951. The van der Waals surface area contributed by atoms with E-state index in [0.717, 1.165) is 83.0 Å². The Bertz CT molecular complexity index is 967. The highest BCUT2D eigenvalue weighted by molar-refractivity contribution is 5.37. The first-order valence-corrected chi connectivity index (χ1v) is 12.7. The maximum Gasteiger partial charge on any atom is 0.117 e. The standard InChI is InChI=1S/C29H37N3O2/c33-29(25-8-3-1-4-9-25,26-10-5-2-6-11-26)27-13-16-31(17-14-27)24-28-12-7-15-32(28)19-18-30-20-22-34-23-21-30/h1-12,15,27,33H,13-14,16-24H2. The Balaban J connectivity index is 1.23. The molecule has 1 aromatic heterocycles. The van der Waals surface area contributed by atoms with Crippen LogP contribution in [0.15, 0.2) is 79.0 Å². The number of piperidine rings is 1. The van der Waals surface area contributed by atoms with Crippen molar-refractivity contribution < 1.29 is 9.84 Å². The van der Waals surface area contributed by atoms with E-state index in [1.807, 2.05) is 36.4 Å². The van der Waals surface area contributed by atoms with E-state index >= 15 is 0 Å². The van der Waals surface area contributed by atoms with Crippen LogP contribution in [0.3, 0.4) is 0 Å². The molecule has 2 fully saturated rings. The van der Waals surface area contributed by atoms with Gasteiger partial charge in [0.2, 0.25) is 0 Å². The smallest absolute Gasteiger partial charge is 0.117 e. The van der Waals surface area contributed by atoms with Crippen LogP contribution in [0.4, 0.5) is 0 Å². The molecular formula is C29H37N3O2. The molecule has 0 amide bonds. The largest absolute Gasteiger partial charge is 0.380 e. The van der Waals surface area contributed by atoms with Crippen LogP contribution in [-0.4, -0.2) is 65.4 Å². The highest BCUT2D eigenvalue weighted by Gasteiger charge is 2.41. The number of hydrogen-bond acceptors (Lipinski definition) is 4. The van der Waals surface area contributed by atoms with E-state index in [2.05, 4.69) is 57.0 Å². The molecule has 1 N–H and O–H groups in total. The second kappa shape index (κ2) is 10.9. The van der Waals surface area contributed by atoms with Gasteiger partial charge < -0.3 is 14.4 Å². The summed E-state index contributed by atoms with van der Waals surface area (Å²) in [6, 6.07) is 24.9. The van der Waals surface area contributed by atoms with Crippen molar-refractivity contribution in [3.05, 3.63) is 95.8 Å². The monoisotopic (exact) mass is 459 g/mol. The van der Waals surface area contributed by atoms with Gasteiger partial charge >= 0.3 is 0 Å². The van der Waals surface area contributed by atoms with Crippen molar-refractivity contribution in [2.75, 3.05) is 45.9 Å². The van der Waals surface area contributed by atoms with Crippen molar-refractivity contribution in [1.29, 1.82) is 0 Å². The van der Waals surface area contributed by atoms with E-state index in [0.29, 0.717) is 0 Å². The fourth-order valence-corrected chi connectivity index (χ4v) is 5.65. The third-order valence-corrected chi connectivity index (χ3v) is 7.68. The second-order valence-corrected chi connectivity index (χ2v) is 9.70. The predicted octanol–water partition coefficient (Wildman–Crippen LogP) is 3.97. The van der Waals surface area contributed by atoms with Crippen LogP contribution in [-0.2, 0) is 23.4 Å². The average molecular weight is 460 g/mol. The molecule has 3 aromatic rings. The van der Waals surface area contributed by atoms with Crippen LogP contribution in [0.5, 0.6) is 0 Å². The summed E-state index contributed by atoms with van der Waals surface area (Å²) in [6.07, 6.45) is 4.18. The van der Waals surface area contributed by atoms with Gasteiger partial charge in [-0.05, 0) is 55.1 Å². The highest BCUT2D eigenvalue weighted by Crippen LogP contribution is 2.42. The van der Waals surface area contributed by atoms with Crippen molar-refractivity contribution in [3.63, 3.8) is 0 Å². The molecule has 0 radical (unpaired) electrons. The SMILES string of the molecule is OC(c1ccccc1)(c1ccccc1)C1CCN(Cc2cccn2CCN2CCOCC2)CC1. The molecule has 180 valence electrons. The Morgan fingerprint density at radius 3 is 1.97 bits per heavy atom. The van der Waals surface area contributed by atoms with Gasteiger partial charge in [-0.2, -0.15) is 0 Å². The molecule has 5 rings (SSSR count). The van der Waals surface area contributed by atoms with Crippen molar-refractivity contribution >= 4 is 0 Å². The van der Waals surface area contributed by atoms with Crippen LogP contribution in [0.1, 0.15) is 29.7 Å². The molecule has 0 saturated carbocycles. The van der Waals surface area contributed by atoms with Crippen molar-refractivity contribution in [3.8, 4) is 0 Å². The van der Waals surface area contributed by atoms with Crippen LogP contribution in [0, 0.1) is 5.92 Å². The van der Waals surface area contributed by atoms with Gasteiger partial charge in [0.25, 0.3) is 0 Å². The van der Waals surface area contributed by atoms with Crippen LogP contribution < -0.4 is 0 Å². The maximum absolute atomic E-state index is 12.1. The zero-order chi connectivity index (χ0) is 23.2. The topological polar surface area (TPSA) is 40.9 Å². The molecule has 2 aromatic carbocycles. The van der Waals surface area contributed by atoms with Gasteiger partial charge in [-0.3, -0.25) is 9.80 Å². The molecule has 0 unspecified atom stereocenters. The van der Waals surface area contributed by atoms with E-state index in [1.165, 1.54) is 5.69 Å². The normalized spacial score (nSPS) is 18.9. The third kappa shape index (κ3) is 5.13. The molecule has 5 heteroatoms. The average Bonchev–Trinajstić information content (AvgIpc) is 3.36. The van der Waals surface area contributed by atoms with E-state index in [4.69, 9.17) is 4.74 Å². The number of nitrogens with zero attached hydrogens (tertiary/aromatic N) is 3. The summed E-state index contributed by atoms with van der Waals surface area (Å²) in [4.78, 5) is 5.04. The predicted molar refractivity (Wildman–Crippen MR) is 136 cm³/mol. The summed E-state index contributed by atoms with van der Waals surface area (Å²) < 4.78 is 7.89. The third-order valence-electron chi connectivity index (χ3n) is 7.68. The van der Waals surface area contributed by atoms with Crippen molar-refractivity contribution in [2.45, 2.75) is 31.5 Å². The van der Waals surface area contributed by atoms with Gasteiger partial charge in [0.15, 0.2) is 0 Å². The van der Waals surface area contributed by atoms with Crippen molar-refractivity contribution in [2.24, 2.45) is 5.92 Å². The zero-order valence-corrected chi connectivity index (χ0v) is 20.1. The fourth-order valence-electron chi connectivity index (χ4n) is 5.65. The molecule has 0 bridgehead atoms. The number of aliphatic hydroxyl groups is 1. The number of aromatic nitrogens is 1. The minimum Gasteiger partial charge on any atom is -0.380 e. The molecule has 0 aliphatic carbocycles. The molecule has 2 saturated heterocycles. The molecule has 0 atom stereocenters. The fraction of sp³-hybridized carbons (Fsp3) is 0.448. The molecule has 0 spiro atoms. The summed E-state index contributed by atoms with van der Waals surface area (Å²) >= 11 is 0. The lowest BCUT2D eigenvalue weighted by Crippen LogP contribution is -2.44. The van der Waals surface area contributed by atoms with Gasteiger partial charge in [-0.1, -0.05) is 60.7 Å². The Morgan fingerprint density at radius 1 is 0.735 bits per heavy atom. The molecular weight excluding hydrogens is 422 g/mol. The first kappa shape index (κ1) is 23.3. The van der Waals surface area contributed by atoms with Gasteiger partial charge in [0.1, 0.15) is 5.60 Å². The lowest BCUT2D eigenvalue weighted by molar-refractivity contribution is -0.0155. The Labute approximate surface area is 203 Å². The lowest BCUT2D eigenvalue weighted by Gasteiger charge is -2.42. The van der Waals surface area contributed by atoms with Gasteiger partial charge in [0, 0.05) is 44.6 Å². The summed E-state index contributed by atoms with van der Waals surface area (Å²) in [6.45, 7) is 8.86. The molecule has 2 aliphatic heterocycles. The number of benzene rings is 2. The van der Waals surface area contributed by atoms with Gasteiger partial charge in [0.05, 0.1) is 13.2 Å². The van der Waals surface area contributed by atoms with Crippen LogP contribution in [0.2, 0.25) is 0 Å². The summed E-state index contributed by atoms with van der Waals surface area (Å²) in [5.74, 6) is 0.196. The summed E-state index contributed by atoms with van der Waals surface area (Å²) in [5, 5.41) is 12.1. The van der Waals surface area contributed by atoms with E-state index < -0.39 is 5.60 Å².